The molecule has 1 aliphatic heterocycles. The SMILES string of the molecule is COc1ccc(N2NOC(=O)/C2=C\C(=NC(=O)c2ccccc2)C(=O)NCc2ccccc2Cl)cc1. The van der Waals surface area contributed by atoms with Crippen LogP contribution < -0.4 is 20.7 Å². The molecular weight excluding hydrogens is 484 g/mol. The second kappa shape index (κ2) is 11.3. The number of anilines is 1. The van der Waals surface area contributed by atoms with E-state index in [0.29, 0.717) is 22.0 Å². The fourth-order valence-corrected chi connectivity index (χ4v) is 3.47. The summed E-state index contributed by atoms with van der Waals surface area (Å²) in [6.07, 6.45) is 1.19. The third-order valence-corrected chi connectivity index (χ3v) is 5.53. The van der Waals surface area contributed by atoms with Gasteiger partial charge in [0.2, 0.25) is 0 Å². The first kappa shape index (κ1) is 24.6. The van der Waals surface area contributed by atoms with Crippen LogP contribution in [0.3, 0.4) is 0 Å². The number of nitrogens with zero attached hydrogens (tertiary/aromatic N) is 2. The number of nitrogens with one attached hydrogen (secondary N) is 2. The Bertz CT molecular complexity index is 1340. The molecule has 0 aliphatic carbocycles. The molecule has 4 rings (SSSR count). The zero-order chi connectivity index (χ0) is 25.5. The molecule has 0 radical (unpaired) electrons. The van der Waals surface area contributed by atoms with E-state index < -0.39 is 17.8 Å². The molecule has 0 spiro atoms. The Hall–Kier alpha value is -4.47. The molecule has 2 amide bonds. The summed E-state index contributed by atoms with van der Waals surface area (Å²) in [6.45, 7) is 0.0884. The summed E-state index contributed by atoms with van der Waals surface area (Å²) in [6, 6.07) is 22.1. The lowest BCUT2D eigenvalue weighted by molar-refractivity contribution is -0.140. The average Bonchev–Trinajstić information content (AvgIpc) is 3.27. The predicted octanol–water partition coefficient (Wildman–Crippen LogP) is 3.61. The molecule has 1 saturated heterocycles. The third-order valence-electron chi connectivity index (χ3n) is 5.16. The molecule has 1 aliphatic rings. The minimum absolute atomic E-state index is 0.0485. The van der Waals surface area contributed by atoms with Gasteiger partial charge in [-0.3, -0.25) is 9.59 Å². The van der Waals surface area contributed by atoms with Gasteiger partial charge in [-0.15, -0.1) is 0 Å². The van der Waals surface area contributed by atoms with Crippen molar-refractivity contribution in [3.05, 3.63) is 107 Å². The van der Waals surface area contributed by atoms with E-state index in [9.17, 15) is 14.4 Å². The normalized spacial score (nSPS) is 14.5. The highest BCUT2D eigenvalue weighted by Crippen LogP contribution is 2.24. The number of rotatable bonds is 7. The smallest absolute Gasteiger partial charge is 0.376 e. The lowest BCUT2D eigenvalue weighted by Gasteiger charge is -2.16. The van der Waals surface area contributed by atoms with Crippen LogP contribution in [0.4, 0.5) is 5.69 Å². The predicted molar refractivity (Wildman–Crippen MR) is 134 cm³/mol. The zero-order valence-electron chi connectivity index (χ0n) is 19.1. The van der Waals surface area contributed by atoms with Crippen LogP contribution in [-0.4, -0.2) is 30.6 Å². The quantitative estimate of drug-likeness (QED) is 0.373. The van der Waals surface area contributed by atoms with E-state index in [4.69, 9.17) is 21.2 Å². The Morgan fingerprint density at radius 3 is 2.44 bits per heavy atom. The van der Waals surface area contributed by atoms with E-state index in [2.05, 4.69) is 15.9 Å². The van der Waals surface area contributed by atoms with Gasteiger partial charge in [-0.1, -0.05) is 53.6 Å². The van der Waals surface area contributed by atoms with E-state index in [1.807, 2.05) is 0 Å². The number of halogens is 1. The number of hydrazine groups is 1. The Morgan fingerprint density at radius 2 is 1.75 bits per heavy atom. The van der Waals surface area contributed by atoms with Crippen molar-refractivity contribution in [2.45, 2.75) is 6.54 Å². The number of amides is 2. The molecule has 0 aromatic heterocycles. The number of methoxy groups -OCH3 is 1. The first-order valence-corrected chi connectivity index (χ1v) is 11.2. The average molecular weight is 505 g/mol. The number of hydrogen-bond donors (Lipinski definition) is 2. The molecule has 0 atom stereocenters. The van der Waals surface area contributed by atoms with Crippen molar-refractivity contribution >= 4 is 40.8 Å². The zero-order valence-corrected chi connectivity index (χ0v) is 19.9. The van der Waals surface area contributed by atoms with Gasteiger partial charge in [-0.05, 0) is 48.0 Å². The van der Waals surface area contributed by atoms with Crippen LogP contribution in [0, 0.1) is 0 Å². The van der Waals surface area contributed by atoms with E-state index >= 15 is 0 Å². The van der Waals surface area contributed by atoms with Crippen LogP contribution in [0.15, 0.2) is 95.6 Å². The molecule has 1 fully saturated rings. The van der Waals surface area contributed by atoms with Crippen molar-refractivity contribution in [2.75, 3.05) is 12.1 Å². The summed E-state index contributed by atoms with van der Waals surface area (Å²) in [5, 5.41) is 4.50. The van der Waals surface area contributed by atoms with Gasteiger partial charge in [0.25, 0.3) is 11.8 Å². The van der Waals surface area contributed by atoms with Crippen molar-refractivity contribution in [1.82, 2.24) is 10.9 Å². The molecule has 36 heavy (non-hydrogen) atoms. The van der Waals surface area contributed by atoms with Gasteiger partial charge >= 0.3 is 5.97 Å². The van der Waals surface area contributed by atoms with Gasteiger partial charge in [-0.2, -0.15) is 0 Å². The summed E-state index contributed by atoms with van der Waals surface area (Å²) in [4.78, 5) is 47.4. The van der Waals surface area contributed by atoms with Crippen molar-refractivity contribution in [3.63, 3.8) is 0 Å². The first-order valence-electron chi connectivity index (χ1n) is 10.8. The summed E-state index contributed by atoms with van der Waals surface area (Å²) in [7, 11) is 1.54. The molecule has 0 saturated carbocycles. The summed E-state index contributed by atoms with van der Waals surface area (Å²) in [5.41, 5.74) is 3.64. The molecule has 0 unspecified atom stereocenters. The van der Waals surface area contributed by atoms with Crippen LogP contribution in [0.25, 0.3) is 0 Å². The van der Waals surface area contributed by atoms with Crippen molar-refractivity contribution in [3.8, 4) is 5.75 Å². The van der Waals surface area contributed by atoms with Gasteiger partial charge < -0.3 is 14.9 Å². The number of ether oxygens (including phenoxy) is 1. The Balaban J connectivity index is 1.67. The van der Waals surface area contributed by atoms with Crippen molar-refractivity contribution in [1.29, 1.82) is 0 Å². The maximum absolute atomic E-state index is 13.1. The number of aliphatic imine (C=N–C) groups is 1. The second-order valence-corrected chi connectivity index (χ2v) is 7.89. The highest BCUT2D eigenvalue weighted by atomic mass is 35.5. The van der Waals surface area contributed by atoms with Gasteiger partial charge in [0.15, 0.2) is 5.70 Å². The third kappa shape index (κ3) is 5.77. The first-order chi connectivity index (χ1) is 17.5. The standard InChI is InChI=1S/C26H21ClN4O5/c1-35-20-13-11-19(12-14-20)31-23(26(34)36-30-31)15-22(29-24(32)17-7-3-2-4-8-17)25(33)28-16-18-9-5-6-10-21(18)27/h2-15,30H,16H2,1H3,(H,28,33)/b23-15+,29-22?. The van der Waals surface area contributed by atoms with Crippen molar-refractivity contribution < 1.29 is 24.0 Å². The second-order valence-electron chi connectivity index (χ2n) is 7.49. The summed E-state index contributed by atoms with van der Waals surface area (Å²) >= 11 is 6.18. The highest BCUT2D eigenvalue weighted by Gasteiger charge is 2.31. The highest BCUT2D eigenvalue weighted by molar-refractivity contribution is 6.45. The maximum Gasteiger partial charge on any atom is 0.376 e. The Labute approximate surface area is 211 Å². The lowest BCUT2D eigenvalue weighted by atomic mass is 10.2. The Kier molecular flexibility index (Phi) is 7.74. The molecule has 3 aromatic rings. The molecule has 9 nitrogen and oxygen atoms in total. The maximum atomic E-state index is 13.1. The van der Waals surface area contributed by atoms with E-state index in [-0.39, 0.29) is 23.5 Å². The molecule has 1 heterocycles. The lowest BCUT2D eigenvalue weighted by Crippen LogP contribution is -2.33. The summed E-state index contributed by atoms with van der Waals surface area (Å²) in [5.74, 6) is -1.47. The number of hydrogen-bond acceptors (Lipinski definition) is 7. The monoisotopic (exact) mass is 504 g/mol. The molecule has 3 aromatic carbocycles. The van der Waals surface area contributed by atoms with Crippen LogP contribution in [-0.2, 0) is 21.0 Å². The van der Waals surface area contributed by atoms with Crippen LogP contribution >= 0.6 is 11.6 Å². The number of benzene rings is 3. The molecule has 0 bridgehead atoms. The number of carbonyl (C=O) groups is 3. The molecule has 182 valence electrons. The Morgan fingerprint density at radius 1 is 1.06 bits per heavy atom. The van der Waals surface area contributed by atoms with Crippen LogP contribution in [0.5, 0.6) is 5.75 Å². The fourth-order valence-electron chi connectivity index (χ4n) is 3.27. The molecule has 2 N–H and O–H groups in total. The van der Waals surface area contributed by atoms with Gasteiger partial charge in [0, 0.05) is 23.2 Å². The molecular formula is C26H21ClN4O5. The van der Waals surface area contributed by atoms with Gasteiger partial charge in [0.1, 0.15) is 11.5 Å². The van der Waals surface area contributed by atoms with Crippen LogP contribution in [0.1, 0.15) is 15.9 Å². The minimum atomic E-state index is -0.760. The fraction of sp³-hybridized carbons (Fsp3) is 0.0769. The van der Waals surface area contributed by atoms with Gasteiger partial charge in [-0.25, -0.2) is 14.8 Å². The van der Waals surface area contributed by atoms with E-state index in [0.717, 1.165) is 0 Å². The number of carbonyl (C=O) groups excluding carboxylic acids is 3. The van der Waals surface area contributed by atoms with Gasteiger partial charge in [0.05, 0.1) is 12.8 Å². The minimum Gasteiger partial charge on any atom is -0.497 e. The van der Waals surface area contributed by atoms with Crippen LogP contribution in [0.2, 0.25) is 5.02 Å². The van der Waals surface area contributed by atoms with Crippen molar-refractivity contribution in [2.24, 2.45) is 4.99 Å². The largest absolute Gasteiger partial charge is 0.497 e. The molecule has 10 heteroatoms. The van der Waals surface area contributed by atoms with E-state index in [1.165, 1.54) is 18.2 Å². The van der Waals surface area contributed by atoms with E-state index in [1.54, 1.807) is 78.9 Å². The topological polar surface area (TPSA) is 109 Å². The summed E-state index contributed by atoms with van der Waals surface area (Å²) < 4.78 is 5.16.